The number of aliphatic hydroxyl groups is 1. The molecule has 11 nitrogen and oxygen atoms in total. The van der Waals surface area contributed by atoms with Gasteiger partial charge < -0.3 is 37.4 Å². The molecule has 3 atom stereocenters. The van der Waals surface area contributed by atoms with Crippen LogP contribution in [0.1, 0.15) is 171 Å². The van der Waals surface area contributed by atoms with Gasteiger partial charge in [0, 0.05) is 25.7 Å². The van der Waals surface area contributed by atoms with Gasteiger partial charge in [-0.05, 0) is 82.8 Å². The first-order valence-electron chi connectivity index (χ1n) is 23.8. The molecular weight excluding hydrogens is 806 g/mol. The third-order valence-electron chi connectivity index (χ3n) is 10.6. The zero-order chi connectivity index (χ0) is 45.9. The number of aliphatic hydroxyl groups excluding tert-OH is 1. The number of hydrogen-bond donors (Lipinski definition) is 1. The summed E-state index contributed by atoms with van der Waals surface area (Å²) in [5, 5.41) is 10.2. The Kier molecular flexibility index (Phi) is 32.8. The minimum atomic E-state index is -4.68. The summed E-state index contributed by atoms with van der Waals surface area (Å²) in [4.78, 5) is 37.7. The number of allylic oxidation sites excluding steroid dienone is 6. The molecule has 62 heavy (non-hydrogen) atoms. The van der Waals surface area contributed by atoms with Crippen molar-refractivity contribution in [3.63, 3.8) is 0 Å². The molecule has 12 heteroatoms. The average Bonchev–Trinajstić information content (AvgIpc) is 3.48. The maximum atomic E-state index is 12.8. The van der Waals surface area contributed by atoms with Gasteiger partial charge in [-0.2, -0.15) is 0 Å². The fourth-order valence-electron chi connectivity index (χ4n) is 6.55. The molecule has 0 aromatic carbocycles. The lowest BCUT2D eigenvalue weighted by Gasteiger charge is -2.28. The number of esters is 2. The van der Waals surface area contributed by atoms with E-state index >= 15 is 0 Å². The van der Waals surface area contributed by atoms with Crippen LogP contribution < -0.4 is 4.89 Å². The Bertz CT molecular complexity index is 1490. The van der Waals surface area contributed by atoms with Gasteiger partial charge in [0.05, 0.1) is 33.9 Å². The van der Waals surface area contributed by atoms with Crippen molar-refractivity contribution < 1.29 is 51.6 Å². The van der Waals surface area contributed by atoms with E-state index in [9.17, 15) is 24.2 Å². The van der Waals surface area contributed by atoms with Crippen LogP contribution in [0.25, 0.3) is 0 Å². The molecular formula is C50H86NO10P. The van der Waals surface area contributed by atoms with Crippen LogP contribution in [-0.2, 0) is 45.5 Å². The number of nitrogens with zero attached hydrogens (tertiary/aromatic N) is 1. The first-order valence-corrected chi connectivity index (χ1v) is 25.3. The van der Waals surface area contributed by atoms with Gasteiger partial charge in [-0.3, -0.25) is 14.2 Å². The van der Waals surface area contributed by atoms with Gasteiger partial charge in [0.2, 0.25) is 0 Å². The maximum absolute atomic E-state index is 12.8. The fraction of sp³-hybridized carbons (Fsp3) is 0.720. The summed E-state index contributed by atoms with van der Waals surface area (Å²) < 4.78 is 40.1. The Morgan fingerprint density at radius 1 is 0.710 bits per heavy atom. The number of likely N-dealkylation sites (N-methyl/N-ethyl adjacent to an activating group) is 1. The van der Waals surface area contributed by atoms with Crippen LogP contribution in [0.5, 0.6) is 0 Å². The highest BCUT2D eigenvalue weighted by Gasteiger charge is 2.22. The molecule has 0 fully saturated rings. The van der Waals surface area contributed by atoms with Gasteiger partial charge in [-0.1, -0.05) is 127 Å². The van der Waals surface area contributed by atoms with E-state index in [1.807, 2.05) is 39.4 Å². The summed E-state index contributed by atoms with van der Waals surface area (Å²) in [6.07, 6.45) is 35.6. The van der Waals surface area contributed by atoms with Gasteiger partial charge in [0.15, 0.2) is 6.10 Å². The maximum Gasteiger partial charge on any atom is 0.306 e. The molecule has 0 saturated carbocycles. The largest absolute Gasteiger partial charge is 0.756 e. The molecule has 356 valence electrons. The highest BCUT2D eigenvalue weighted by atomic mass is 31.2. The molecule has 0 spiro atoms. The van der Waals surface area contributed by atoms with Crippen LogP contribution in [-0.4, -0.2) is 81.2 Å². The van der Waals surface area contributed by atoms with Crippen LogP contribution in [0.15, 0.2) is 53.0 Å². The third-order valence-corrected chi connectivity index (χ3v) is 11.6. The highest BCUT2D eigenvalue weighted by Crippen LogP contribution is 2.38. The molecule has 0 aliphatic carbocycles. The standard InChI is InChI=1S/C50H86NO10P/c1-8-10-12-13-14-15-18-22-28-33-45(52)34-29-23-21-26-31-37-49(53)57-41-46(42-59-62(55,56)58-40-39-51(5,6)7)60-50(54)38-32-25-20-17-16-19-24-30-36-48-44(4)43(3)47(61-48)35-27-11-9-2/h14-15,21-23,28-29,34,45-46,52H,8-13,16-20,24-27,30-33,35-42H2,1-7H3/b15-14-,23-21+,28-22-,34-29-/t45?,46-/m1/s1. The number of unbranched alkanes of at least 4 members (excludes halogenated alkanes) is 13. The van der Waals surface area contributed by atoms with Crippen molar-refractivity contribution in [1.82, 2.24) is 0 Å². The van der Waals surface area contributed by atoms with E-state index < -0.39 is 38.6 Å². The Morgan fingerprint density at radius 2 is 1.29 bits per heavy atom. The lowest BCUT2D eigenvalue weighted by Crippen LogP contribution is -2.37. The molecule has 0 amide bonds. The van der Waals surface area contributed by atoms with Gasteiger partial charge >= 0.3 is 11.9 Å². The summed E-state index contributed by atoms with van der Waals surface area (Å²) in [7, 11) is 1.06. The van der Waals surface area contributed by atoms with E-state index in [2.05, 4.69) is 45.9 Å². The molecule has 0 bridgehead atoms. The van der Waals surface area contributed by atoms with E-state index in [1.165, 1.54) is 62.5 Å². The van der Waals surface area contributed by atoms with Crippen molar-refractivity contribution in [2.45, 2.75) is 188 Å². The first kappa shape index (κ1) is 57.2. The van der Waals surface area contributed by atoms with Crippen LogP contribution in [0.4, 0.5) is 0 Å². The molecule has 0 radical (unpaired) electrons. The molecule has 0 saturated heterocycles. The van der Waals surface area contributed by atoms with Crippen molar-refractivity contribution in [1.29, 1.82) is 0 Å². The lowest BCUT2D eigenvalue weighted by atomic mass is 10.0. The minimum absolute atomic E-state index is 0.0619. The lowest BCUT2D eigenvalue weighted by molar-refractivity contribution is -0.870. The third kappa shape index (κ3) is 32.0. The van der Waals surface area contributed by atoms with E-state index in [0.717, 1.165) is 69.3 Å². The summed E-state index contributed by atoms with van der Waals surface area (Å²) in [5.41, 5.74) is 2.63. The summed E-state index contributed by atoms with van der Waals surface area (Å²) in [6, 6.07) is 0. The zero-order valence-corrected chi connectivity index (χ0v) is 40.8. The number of phosphoric ester groups is 1. The van der Waals surface area contributed by atoms with Crippen LogP contribution in [0.2, 0.25) is 0 Å². The number of aryl methyl sites for hydroxylation is 2. The van der Waals surface area contributed by atoms with Gasteiger partial charge in [-0.15, -0.1) is 0 Å². The summed E-state index contributed by atoms with van der Waals surface area (Å²) >= 11 is 0. The number of rotatable bonds is 39. The smallest absolute Gasteiger partial charge is 0.306 e. The number of ether oxygens (including phenoxy) is 2. The number of furan rings is 1. The monoisotopic (exact) mass is 892 g/mol. The average molecular weight is 892 g/mol. The van der Waals surface area contributed by atoms with E-state index in [4.69, 9.17) is 22.9 Å². The Labute approximate surface area is 376 Å². The molecule has 2 unspecified atom stereocenters. The topological polar surface area (TPSA) is 145 Å². The van der Waals surface area contributed by atoms with Gasteiger partial charge in [-0.25, -0.2) is 0 Å². The van der Waals surface area contributed by atoms with E-state index in [-0.39, 0.29) is 26.1 Å². The van der Waals surface area contributed by atoms with Crippen LogP contribution in [0, 0.1) is 13.8 Å². The van der Waals surface area contributed by atoms with Crippen molar-refractivity contribution in [3.05, 3.63) is 71.3 Å². The Hall–Kier alpha value is -2.79. The number of quaternary nitrogens is 1. The van der Waals surface area contributed by atoms with Crippen molar-refractivity contribution >= 4 is 19.8 Å². The first-order chi connectivity index (χ1) is 29.7. The molecule has 1 aromatic rings. The fourth-order valence-corrected chi connectivity index (χ4v) is 7.28. The second-order valence-corrected chi connectivity index (χ2v) is 19.0. The molecule has 1 aromatic heterocycles. The highest BCUT2D eigenvalue weighted by molar-refractivity contribution is 7.45. The predicted molar refractivity (Wildman–Crippen MR) is 250 cm³/mol. The van der Waals surface area contributed by atoms with Gasteiger partial charge in [0.25, 0.3) is 7.82 Å². The van der Waals surface area contributed by atoms with Crippen molar-refractivity contribution in [2.75, 3.05) is 47.5 Å². The van der Waals surface area contributed by atoms with Crippen LogP contribution >= 0.6 is 7.82 Å². The number of carbonyl (C=O) groups excluding carboxylic acids is 2. The quantitative estimate of drug-likeness (QED) is 0.0169. The minimum Gasteiger partial charge on any atom is -0.756 e. The predicted octanol–water partition coefficient (Wildman–Crippen LogP) is 11.5. The Morgan fingerprint density at radius 3 is 1.95 bits per heavy atom. The number of hydrogen-bond acceptors (Lipinski definition) is 10. The number of carbonyl (C=O) groups is 2. The second-order valence-electron chi connectivity index (χ2n) is 17.6. The van der Waals surface area contributed by atoms with Gasteiger partial charge in [0.1, 0.15) is 31.3 Å². The molecule has 0 aliphatic rings. The van der Waals surface area contributed by atoms with Crippen molar-refractivity contribution in [3.8, 4) is 0 Å². The normalized spacial score (nSPS) is 14.4. The van der Waals surface area contributed by atoms with Crippen molar-refractivity contribution in [2.24, 2.45) is 0 Å². The van der Waals surface area contributed by atoms with E-state index in [0.29, 0.717) is 36.7 Å². The molecule has 0 aliphatic heterocycles. The second kappa shape index (κ2) is 35.5. The SMILES string of the molecule is CCCCC/C=C\C/C=C\CC(O)/C=C\C=C\CCCC(=O)OC[C@H](COP(=O)([O-])OCC[N+](C)(C)C)OC(=O)CCCCCCCCCCc1oc(CCCCC)c(C)c1C. The molecule has 1 rings (SSSR count). The summed E-state index contributed by atoms with van der Waals surface area (Å²) in [5.74, 6) is 1.32. The molecule has 1 N–H and O–H groups in total. The number of phosphoric acid groups is 1. The molecule has 1 heterocycles. The van der Waals surface area contributed by atoms with E-state index in [1.54, 1.807) is 12.2 Å². The Balaban J connectivity index is 2.41. The van der Waals surface area contributed by atoms with Crippen LogP contribution in [0.3, 0.4) is 0 Å². The zero-order valence-electron chi connectivity index (χ0n) is 39.9. The summed E-state index contributed by atoms with van der Waals surface area (Å²) in [6.45, 7) is 8.32.